The van der Waals surface area contributed by atoms with Crippen molar-refractivity contribution in [2.45, 2.75) is 32.7 Å². The summed E-state index contributed by atoms with van der Waals surface area (Å²) in [5, 5.41) is 5.68. The van der Waals surface area contributed by atoms with Crippen molar-refractivity contribution in [3.8, 4) is 17.2 Å². The first-order valence-corrected chi connectivity index (χ1v) is 6.97. The molecular weight excluding hydrogens is 272 g/mol. The Morgan fingerprint density at radius 3 is 1.95 bits per heavy atom. The fraction of sp³-hybridized carbons (Fsp3) is 0.533. The van der Waals surface area contributed by atoms with Gasteiger partial charge in [0.05, 0.1) is 27.0 Å². The number of ether oxygens (including phenoxy) is 3. The summed E-state index contributed by atoms with van der Waals surface area (Å²) in [6, 6.07) is 3.28. The van der Waals surface area contributed by atoms with E-state index in [2.05, 4.69) is 10.6 Å². The molecule has 1 aromatic rings. The maximum Gasteiger partial charge on any atom is 0.319 e. The molecule has 1 aromatic carbocycles. The number of rotatable bonds is 7. The predicted molar refractivity (Wildman–Crippen MR) is 82.6 cm³/mol. The van der Waals surface area contributed by atoms with Gasteiger partial charge in [0.15, 0.2) is 11.5 Å². The van der Waals surface area contributed by atoms with Gasteiger partial charge in [0, 0.05) is 18.2 Å². The average Bonchev–Trinajstić information content (AvgIpc) is 2.51. The van der Waals surface area contributed by atoms with Gasteiger partial charge >= 0.3 is 6.03 Å². The molecule has 0 aromatic heterocycles. The highest BCUT2D eigenvalue weighted by Crippen LogP contribution is 2.39. The predicted octanol–water partition coefficient (Wildman–Crippen LogP) is 3.02. The van der Waals surface area contributed by atoms with Crippen molar-refractivity contribution >= 4 is 11.7 Å². The minimum Gasteiger partial charge on any atom is -0.493 e. The Hall–Kier alpha value is -2.11. The van der Waals surface area contributed by atoms with Gasteiger partial charge in [-0.05, 0) is 12.8 Å². The number of benzene rings is 1. The Bertz CT molecular complexity index is 448. The first-order valence-electron chi connectivity index (χ1n) is 6.97. The fourth-order valence-electron chi connectivity index (χ4n) is 2.00. The third-order valence-corrected chi connectivity index (χ3v) is 3.24. The highest BCUT2D eigenvalue weighted by Gasteiger charge is 2.15. The van der Waals surface area contributed by atoms with Gasteiger partial charge < -0.3 is 24.8 Å². The third-order valence-electron chi connectivity index (χ3n) is 3.24. The van der Waals surface area contributed by atoms with Crippen LogP contribution in [0.5, 0.6) is 17.2 Å². The molecule has 21 heavy (non-hydrogen) atoms. The quantitative estimate of drug-likeness (QED) is 0.811. The molecule has 0 heterocycles. The third kappa shape index (κ3) is 4.44. The fourth-order valence-corrected chi connectivity index (χ4v) is 2.00. The van der Waals surface area contributed by atoms with E-state index in [4.69, 9.17) is 14.2 Å². The van der Waals surface area contributed by atoms with Crippen molar-refractivity contribution in [3.05, 3.63) is 12.1 Å². The summed E-state index contributed by atoms with van der Waals surface area (Å²) in [4.78, 5) is 12.0. The summed E-state index contributed by atoms with van der Waals surface area (Å²) in [6.45, 7) is 4.07. The van der Waals surface area contributed by atoms with E-state index in [0.717, 1.165) is 12.8 Å². The molecule has 0 aliphatic heterocycles. The number of methoxy groups -OCH3 is 3. The van der Waals surface area contributed by atoms with Crippen LogP contribution in [0.25, 0.3) is 0 Å². The molecule has 0 radical (unpaired) electrons. The van der Waals surface area contributed by atoms with E-state index in [1.807, 2.05) is 13.8 Å². The second kappa shape index (κ2) is 8.24. The molecule has 0 aliphatic carbocycles. The van der Waals surface area contributed by atoms with Gasteiger partial charge in [-0.25, -0.2) is 4.79 Å². The van der Waals surface area contributed by atoms with Crippen LogP contribution in [0, 0.1) is 0 Å². The summed E-state index contributed by atoms with van der Waals surface area (Å²) < 4.78 is 15.7. The standard InChI is InChI=1S/C15H24N2O4/c1-6-10(7-2)16-15(18)17-11-8-12(19-3)14(21-5)13(9-11)20-4/h8-10H,6-7H2,1-5H3,(H2,16,17,18). The molecule has 0 fully saturated rings. The van der Waals surface area contributed by atoms with Gasteiger partial charge in [0.1, 0.15) is 0 Å². The number of anilines is 1. The molecule has 0 spiro atoms. The van der Waals surface area contributed by atoms with Crippen LogP contribution >= 0.6 is 0 Å². The van der Waals surface area contributed by atoms with Crippen molar-refractivity contribution in [3.63, 3.8) is 0 Å². The molecule has 1 rings (SSSR count). The van der Waals surface area contributed by atoms with Gasteiger partial charge in [-0.1, -0.05) is 13.8 Å². The summed E-state index contributed by atoms with van der Waals surface area (Å²) in [5.41, 5.74) is 0.577. The summed E-state index contributed by atoms with van der Waals surface area (Å²) >= 11 is 0. The Kier molecular flexibility index (Phi) is 6.65. The van der Waals surface area contributed by atoms with E-state index in [1.54, 1.807) is 12.1 Å². The van der Waals surface area contributed by atoms with Crippen LogP contribution in [0.15, 0.2) is 12.1 Å². The maximum atomic E-state index is 12.0. The molecule has 2 amide bonds. The minimum absolute atomic E-state index is 0.159. The Labute approximate surface area is 125 Å². The van der Waals surface area contributed by atoms with Gasteiger partial charge in [-0.15, -0.1) is 0 Å². The van der Waals surface area contributed by atoms with Gasteiger partial charge in [0.2, 0.25) is 5.75 Å². The van der Waals surface area contributed by atoms with Crippen molar-refractivity contribution < 1.29 is 19.0 Å². The van der Waals surface area contributed by atoms with E-state index in [9.17, 15) is 4.79 Å². The Morgan fingerprint density at radius 2 is 1.57 bits per heavy atom. The number of carbonyl (C=O) groups is 1. The zero-order valence-corrected chi connectivity index (χ0v) is 13.3. The SMILES string of the molecule is CCC(CC)NC(=O)Nc1cc(OC)c(OC)c(OC)c1. The summed E-state index contributed by atoms with van der Waals surface area (Å²) in [6.07, 6.45) is 1.78. The molecule has 0 atom stereocenters. The van der Waals surface area contributed by atoms with Crippen molar-refractivity contribution in [2.75, 3.05) is 26.6 Å². The maximum absolute atomic E-state index is 12.0. The number of urea groups is 1. The molecule has 118 valence electrons. The van der Waals surface area contributed by atoms with Crippen LogP contribution < -0.4 is 24.8 Å². The van der Waals surface area contributed by atoms with Gasteiger partial charge in [-0.2, -0.15) is 0 Å². The van der Waals surface area contributed by atoms with Crippen molar-refractivity contribution in [1.82, 2.24) is 5.32 Å². The zero-order valence-electron chi connectivity index (χ0n) is 13.3. The van der Waals surface area contributed by atoms with Crippen LogP contribution in [0.3, 0.4) is 0 Å². The number of carbonyl (C=O) groups excluding carboxylic acids is 1. The minimum atomic E-state index is -0.252. The molecule has 0 bridgehead atoms. The van der Waals surface area contributed by atoms with Crippen LogP contribution in [0.1, 0.15) is 26.7 Å². The lowest BCUT2D eigenvalue weighted by molar-refractivity contribution is 0.247. The second-order valence-corrected chi connectivity index (χ2v) is 4.53. The van der Waals surface area contributed by atoms with Crippen LogP contribution in [0.2, 0.25) is 0 Å². The normalized spacial score (nSPS) is 10.2. The van der Waals surface area contributed by atoms with Crippen LogP contribution in [-0.4, -0.2) is 33.4 Å². The lowest BCUT2D eigenvalue weighted by Crippen LogP contribution is -2.37. The zero-order chi connectivity index (χ0) is 15.8. The first-order chi connectivity index (χ1) is 10.1. The largest absolute Gasteiger partial charge is 0.493 e. The Balaban J connectivity index is 2.91. The van der Waals surface area contributed by atoms with Crippen molar-refractivity contribution in [2.24, 2.45) is 0 Å². The van der Waals surface area contributed by atoms with E-state index >= 15 is 0 Å². The van der Waals surface area contributed by atoms with E-state index in [1.165, 1.54) is 21.3 Å². The first kappa shape index (κ1) is 16.9. The van der Waals surface area contributed by atoms with E-state index in [0.29, 0.717) is 22.9 Å². The van der Waals surface area contributed by atoms with Gasteiger partial charge in [0.25, 0.3) is 0 Å². The Morgan fingerprint density at radius 1 is 1.05 bits per heavy atom. The molecule has 0 unspecified atom stereocenters. The lowest BCUT2D eigenvalue weighted by Gasteiger charge is -2.17. The lowest BCUT2D eigenvalue weighted by atomic mass is 10.2. The number of nitrogens with one attached hydrogen (secondary N) is 2. The molecule has 6 heteroatoms. The molecular formula is C15H24N2O4. The van der Waals surface area contributed by atoms with Crippen molar-refractivity contribution in [1.29, 1.82) is 0 Å². The van der Waals surface area contributed by atoms with Crippen LogP contribution in [-0.2, 0) is 0 Å². The van der Waals surface area contributed by atoms with Gasteiger partial charge in [-0.3, -0.25) is 0 Å². The molecule has 0 aliphatic rings. The highest BCUT2D eigenvalue weighted by atomic mass is 16.5. The monoisotopic (exact) mass is 296 g/mol. The molecule has 0 saturated heterocycles. The number of hydrogen-bond donors (Lipinski definition) is 2. The second-order valence-electron chi connectivity index (χ2n) is 4.53. The number of hydrogen-bond acceptors (Lipinski definition) is 4. The molecule has 2 N–H and O–H groups in total. The summed E-state index contributed by atoms with van der Waals surface area (Å²) in [7, 11) is 4.60. The molecule has 0 saturated carbocycles. The molecule has 6 nitrogen and oxygen atoms in total. The van der Waals surface area contributed by atoms with E-state index in [-0.39, 0.29) is 12.1 Å². The highest BCUT2D eigenvalue weighted by molar-refractivity contribution is 5.90. The van der Waals surface area contributed by atoms with Crippen LogP contribution in [0.4, 0.5) is 10.5 Å². The average molecular weight is 296 g/mol. The summed E-state index contributed by atoms with van der Waals surface area (Å²) in [5.74, 6) is 1.48. The number of amides is 2. The topological polar surface area (TPSA) is 68.8 Å². The van der Waals surface area contributed by atoms with E-state index < -0.39 is 0 Å². The smallest absolute Gasteiger partial charge is 0.319 e.